The summed E-state index contributed by atoms with van der Waals surface area (Å²) in [5, 5.41) is 0.136. The number of nitrogens with zero attached hydrogens (tertiary/aromatic N) is 1. The maximum atomic E-state index is 7.33. The molecule has 0 aromatic heterocycles. The molecule has 0 bridgehead atoms. The zero-order valence-electron chi connectivity index (χ0n) is 20.1. The topological polar surface area (TPSA) is 50.5 Å². The summed E-state index contributed by atoms with van der Waals surface area (Å²) in [4.78, 5) is 3.68. The Morgan fingerprint density at radius 3 is 2.43 bits per heavy atom. The summed E-state index contributed by atoms with van der Waals surface area (Å²) in [6.07, 6.45) is 3.30. The fourth-order valence-electron chi connectivity index (χ4n) is 4.46. The molecule has 1 unspecified atom stereocenters. The smallest absolute Gasteiger partial charge is 0.223 e. The molecule has 3 aliphatic rings. The van der Waals surface area contributed by atoms with Crippen molar-refractivity contribution >= 4 is 8.32 Å². The van der Waals surface area contributed by atoms with E-state index >= 15 is 0 Å². The van der Waals surface area contributed by atoms with E-state index in [0.717, 1.165) is 25.7 Å². The van der Waals surface area contributed by atoms with E-state index in [9.17, 15) is 0 Å². The third-order valence-corrected chi connectivity index (χ3v) is 11.9. The van der Waals surface area contributed by atoms with E-state index in [1.54, 1.807) is 0 Å². The van der Waals surface area contributed by atoms with Gasteiger partial charge in [0.1, 0.15) is 11.7 Å². The monoisotopic (exact) mass is 439 g/mol. The average molecular weight is 440 g/mol. The van der Waals surface area contributed by atoms with Crippen molar-refractivity contribution in [3.8, 4) is 0 Å². The van der Waals surface area contributed by atoms with Crippen LogP contribution < -0.4 is 0 Å². The molecule has 0 radical (unpaired) electrons. The van der Waals surface area contributed by atoms with Crippen molar-refractivity contribution in [2.24, 2.45) is 0 Å². The van der Waals surface area contributed by atoms with E-state index in [4.69, 9.17) is 29.9 Å². The second kappa shape index (κ2) is 8.46. The molecule has 30 heavy (non-hydrogen) atoms. The quantitative estimate of drug-likeness (QED) is 0.434. The molecule has 3 rings (SSSR count). The highest BCUT2D eigenvalue weighted by atomic mass is 28.4. The summed E-state index contributed by atoms with van der Waals surface area (Å²) in [7, 11) is -1.93. The highest BCUT2D eigenvalue weighted by Gasteiger charge is 2.57. The highest BCUT2D eigenvalue weighted by Crippen LogP contribution is 2.47. The third-order valence-electron chi connectivity index (χ3n) is 7.38. The van der Waals surface area contributed by atoms with Gasteiger partial charge in [-0.15, -0.1) is 0 Å². The number of hydrogen-bond donors (Lipinski definition) is 0. The zero-order valence-corrected chi connectivity index (χ0v) is 21.1. The summed E-state index contributed by atoms with van der Waals surface area (Å²) in [5.41, 5.74) is -0.471. The highest BCUT2D eigenvalue weighted by molar-refractivity contribution is 6.74. The molecule has 6 atom stereocenters. The van der Waals surface area contributed by atoms with Gasteiger partial charge in [0.25, 0.3) is 0 Å². The summed E-state index contributed by atoms with van der Waals surface area (Å²) in [6.45, 7) is 25.6. The third kappa shape index (κ3) is 5.11. The Morgan fingerprint density at radius 1 is 1.17 bits per heavy atom. The molecule has 3 saturated heterocycles. The van der Waals surface area contributed by atoms with Crippen LogP contribution in [0.5, 0.6) is 0 Å². The van der Waals surface area contributed by atoms with Crippen LogP contribution in [0.1, 0.15) is 67.2 Å². The van der Waals surface area contributed by atoms with Crippen molar-refractivity contribution < 1.29 is 23.4 Å². The van der Waals surface area contributed by atoms with E-state index in [2.05, 4.69) is 38.7 Å². The van der Waals surface area contributed by atoms with Crippen LogP contribution in [-0.2, 0) is 23.4 Å². The fourth-order valence-corrected chi connectivity index (χ4v) is 5.50. The van der Waals surface area contributed by atoms with Crippen molar-refractivity contribution in [1.82, 2.24) is 0 Å². The summed E-state index contributed by atoms with van der Waals surface area (Å²) in [5.74, 6) is -0.568. The SMILES string of the molecule is [C-]#[N+][C@H](C)CC1CC[C@@H]2O[C@@H]([C@H]3COC(C)(C)O3)C[C@]2(CO[Si](C)(C)C(C)(C)C)O1. The lowest BCUT2D eigenvalue weighted by atomic mass is 9.85. The van der Waals surface area contributed by atoms with Gasteiger partial charge >= 0.3 is 0 Å². The van der Waals surface area contributed by atoms with Gasteiger partial charge in [-0.3, -0.25) is 0 Å². The molecule has 0 spiro atoms. The van der Waals surface area contributed by atoms with Gasteiger partial charge in [0, 0.05) is 19.8 Å². The molecule has 3 heterocycles. The number of ether oxygens (including phenoxy) is 4. The molecule has 0 aromatic rings. The first-order valence-corrected chi connectivity index (χ1v) is 14.3. The minimum absolute atomic E-state index is 0.000855. The van der Waals surface area contributed by atoms with Crippen LogP contribution in [0.3, 0.4) is 0 Å². The lowest BCUT2D eigenvalue weighted by Gasteiger charge is -2.45. The fraction of sp³-hybridized carbons (Fsp3) is 0.957. The molecule has 6 nitrogen and oxygen atoms in total. The molecule has 0 amide bonds. The van der Waals surface area contributed by atoms with Gasteiger partial charge in [-0.25, -0.2) is 6.57 Å². The van der Waals surface area contributed by atoms with Gasteiger partial charge < -0.3 is 28.2 Å². The first-order valence-electron chi connectivity index (χ1n) is 11.4. The Morgan fingerprint density at radius 2 is 1.87 bits per heavy atom. The van der Waals surface area contributed by atoms with E-state index in [1.165, 1.54) is 0 Å². The van der Waals surface area contributed by atoms with Gasteiger partial charge in [0.2, 0.25) is 6.04 Å². The molecule has 0 aromatic carbocycles. The van der Waals surface area contributed by atoms with Crippen LogP contribution in [0.2, 0.25) is 18.1 Å². The van der Waals surface area contributed by atoms with Crippen molar-refractivity contribution in [1.29, 1.82) is 0 Å². The largest absolute Gasteiger partial charge is 0.414 e. The van der Waals surface area contributed by atoms with Crippen LogP contribution in [0.25, 0.3) is 4.85 Å². The number of hydrogen-bond acceptors (Lipinski definition) is 5. The Hall–Kier alpha value is -0.493. The van der Waals surface area contributed by atoms with Gasteiger partial charge in [0.05, 0.1) is 31.5 Å². The number of fused-ring (bicyclic) bond motifs is 1. The number of rotatable bonds is 6. The Labute approximate surface area is 183 Å². The Kier molecular flexibility index (Phi) is 6.81. The van der Waals surface area contributed by atoms with Crippen molar-refractivity contribution in [3.63, 3.8) is 0 Å². The Bertz CT molecular complexity index is 655. The standard InChI is InChI=1S/C23H41NO5Si/c1-16(24-7)12-17-10-11-20-23(28-17,15-26-30(8,9)21(2,3)4)13-18(27-20)19-14-25-22(5,6)29-19/h16-20H,10-15H2,1-6,8-9H3/t16-,17?,18-,19-,20+,23-/m1/s1. The zero-order chi connectivity index (χ0) is 22.4. The van der Waals surface area contributed by atoms with Crippen molar-refractivity contribution in [2.45, 2.75) is 127 Å². The van der Waals surface area contributed by atoms with E-state index in [1.807, 2.05) is 20.8 Å². The predicted molar refractivity (Wildman–Crippen MR) is 119 cm³/mol. The van der Waals surface area contributed by atoms with Crippen molar-refractivity contribution in [3.05, 3.63) is 11.4 Å². The molecule has 0 N–H and O–H groups in total. The van der Waals surface area contributed by atoms with Gasteiger partial charge in [-0.2, -0.15) is 0 Å². The lowest BCUT2D eigenvalue weighted by Crippen LogP contribution is -2.55. The second-order valence-corrected chi connectivity index (χ2v) is 16.2. The van der Waals surface area contributed by atoms with E-state index in [-0.39, 0.29) is 35.5 Å². The molecule has 0 aliphatic carbocycles. The predicted octanol–water partition coefficient (Wildman–Crippen LogP) is 4.93. The summed E-state index contributed by atoms with van der Waals surface area (Å²) in [6, 6.07) is -0.0320. The maximum Gasteiger partial charge on any atom is 0.223 e. The maximum absolute atomic E-state index is 7.33. The van der Waals surface area contributed by atoms with Crippen LogP contribution in [0.15, 0.2) is 0 Å². The van der Waals surface area contributed by atoms with E-state index < -0.39 is 19.7 Å². The average Bonchev–Trinajstić information content (AvgIpc) is 3.19. The van der Waals surface area contributed by atoms with E-state index in [0.29, 0.717) is 13.2 Å². The lowest BCUT2D eigenvalue weighted by molar-refractivity contribution is -0.185. The van der Waals surface area contributed by atoms with Crippen LogP contribution in [0, 0.1) is 6.57 Å². The van der Waals surface area contributed by atoms with Crippen LogP contribution in [0.4, 0.5) is 0 Å². The van der Waals surface area contributed by atoms with Gasteiger partial charge in [-0.1, -0.05) is 20.8 Å². The molecule has 3 aliphatic heterocycles. The summed E-state index contributed by atoms with van der Waals surface area (Å²) >= 11 is 0. The molecule has 7 heteroatoms. The molecular weight excluding hydrogens is 398 g/mol. The first kappa shape index (κ1) is 24.2. The minimum atomic E-state index is -1.93. The molecule has 0 saturated carbocycles. The van der Waals surface area contributed by atoms with Gasteiger partial charge in [-0.05, 0) is 44.8 Å². The molecular formula is C23H41NO5Si. The van der Waals surface area contributed by atoms with Crippen LogP contribution in [-0.4, -0.2) is 63.4 Å². The summed E-state index contributed by atoms with van der Waals surface area (Å²) < 4.78 is 31.9. The second-order valence-electron chi connectivity index (χ2n) is 11.4. The Balaban J connectivity index is 1.77. The molecule has 3 fully saturated rings. The normalized spacial score (nSPS) is 37.6. The minimum Gasteiger partial charge on any atom is -0.414 e. The first-order chi connectivity index (χ1) is 13.8. The van der Waals surface area contributed by atoms with Crippen molar-refractivity contribution in [2.75, 3.05) is 13.2 Å². The van der Waals surface area contributed by atoms with Crippen LogP contribution >= 0.6 is 0 Å². The van der Waals surface area contributed by atoms with Gasteiger partial charge in [0.15, 0.2) is 14.1 Å². The molecule has 172 valence electrons.